The van der Waals surface area contributed by atoms with Gasteiger partial charge in [-0.15, -0.1) is 23.1 Å². The maximum atomic E-state index is 12.7. The van der Waals surface area contributed by atoms with Gasteiger partial charge in [0.25, 0.3) is 0 Å². The molecule has 0 radical (unpaired) electrons. The second-order valence-electron chi connectivity index (χ2n) is 8.09. The highest BCUT2D eigenvalue weighted by Gasteiger charge is 2.27. The average Bonchev–Trinajstić information content (AvgIpc) is 3.15. The van der Waals surface area contributed by atoms with Crippen LogP contribution < -0.4 is 5.32 Å². The summed E-state index contributed by atoms with van der Waals surface area (Å²) in [7, 11) is 1.24. The van der Waals surface area contributed by atoms with Gasteiger partial charge in [0.1, 0.15) is 21.0 Å². The monoisotopic (exact) mass is 515 g/mol. The van der Waals surface area contributed by atoms with Gasteiger partial charge in [-0.2, -0.15) is 5.26 Å². The molecule has 0 aromatic carbocycles. The van der Waals surface area contributed by atoms with E-state index in [0.29, 0.717) is 21.9 Å². The van der Waals surface area contributed by atoms with Gasteiger partial charge in [-0.25, -0.2) is 14.6 Å². The Kier molecular flexibility index (Phi) is 9.69. The summed E-state index contributed by atoms with van der Waals surface area (Å²) in [4.78, 5) is 42.2. The third-order valence-electron chi connectivity index (χ3n) is 5.70. The Bertz CT molecular complexity index is 1150. The Morgan fingerprint density at radius 3 is 2.63 bits per heavy atom. The zero-order valence-electron chi connectivity index (χ0n) is 20.2. The molecule has 0 saturated carbocycles. The van der Waals surface area contributed by atoms with Gasteiger partial charge in [0.2, 0.25) is 5.91 Å². The lowest BCUT2D eigenvalue weighted by Crippen LogP contribution is -2.14. The van der Waals surface area contributed by atoms with Crippen molar-refractivity contribution < 1.29 is 23.9 Å². The Morgan fingerprint density at radius 2 is 1.94 bits per heavy atom. The molecule has 10 heteroatoms. The largest absolute Gasteiger partial charge is 0.465 e. The Morgan fingerprint density at radius 1 is 1.20 bits per heavy atom. The molecule has 1 aliphatic carbocycles. The van der Waals surface area contributed by atoms with Gasteiger partial charge in [0, 0.05) is 17.9 Å². The third kappa shape index (κ3) is 6.61. The summed E-state index contributed by atoms with van der Waals surface area (Å²) in [5, 5.41) is 13.2. The van der Waals surface area contributed by atoms with Crippen LogP contribution in [0.3, 0.4) is 0 Å². The number of hydrogen-bond donors (Lipinski definition) is 1. The molecule has 1 N–H and O–H groups in total. The number of methoxy groups -OCH3 is 1. The molecule has 0 unspecified atom stereocenters. The molecule has 8 nitrogen and oxygen atoms in total. The first kappa shape index (κ1) is 26.7. The number of nitriles is 1. The molecular formula is C25H29N3O5S2. The quantitative estimate of drug-likeness (QED) is 0.382. The van der Waals surface area contributed by atoms with Crippen LogP contribution in [0.4, 0.5) is 5.00 Å². The van der Waals surface area contributed by atoms with E-state index in [-0.39, 0.29) is 34.4 Å². The standard InChI is InChI=1S/C25H29N3O5S2/c1-4-33-25(31)21-15(2)20(24(30)32-3)23(35-21)28-19(29)11-12-34-22-17(14-26)13-16-9-7-5-6-8-10-18(16)27-22/h13H,4-12H2,1-3H3,(H,28,29). The third-order valence-corrected chi connectivity index (χ3v) is 7.88. The Labute approximate surface area is 213 Å². The van der Waals surface area contributed by atoms with Crippen LogP contribution in [-0.2, 0) is 27.1 Å². The number of amides is 1. The van der Waals surface area contributed by atoms with Crippen molar-refractivity contribution >= 4 is 45.9 Å². The van der Waals surface area contributed by atoms with E-state index in [4.69, 9.17) is 14.5 Å². The molecule has 2 aromatic rings. The molecule has 2 aromatic heterocycles. The lowest BCUT2D eigenvalue weighted by Gasteiger charge is -2.15. The zero-order valence-corrected chi connectivity index (χ0v) is 21.8. The molecule has 0 aliphatic heterocycles. The lowest BCUT2D eigenvalue weighted by molar-refractivity contribution is -0.115. The summed E-state index contributed by atoms with van der Waals surface area (Å²) < 4.78 is 9.90. The first-order valence-corrected chi connectivity index (χ1v) is 13.4. The number of ether oxygens (including phenoxy) is 2. The molecule has 0 spiro atoms. The average molecular weight is 516 g/mol. The Balaban J connectivity index is 1.69. The van der Waals surface area contributed by atoms with E-state index in [9.17, 15) is 19.6 Å². The van der Waals surface area contributed by atoms with Crippen LogP contribution in [0.5, 0.6) is 0 Å². The van der Waals surface area contributed by atoms with E-state index in [2.05, 4.69) is 11.4 Å². The first-order valence-electron chi connectivity index (χ1n) is 11.6. The number of hydrogen-bond acceptors (Lipinski definition) is 9. The van der Waals surface area contributed by atoms with Gasteiger partial charge in [-0.1, -0.05) is 12.8 Å². The minimum atomic E-state index is -0.636. The SMILES string of the molecule is CCOC(=O)c1sc(NC(=O)CCSc2nc3c(cc2C#N)CCCCCC3)c(C(=O)OC)c1C. The number of nitrogens with zero attached hydrogens (tertiary/aromatic N) is 2. The minimum Gasteiger partial charge on any atom is -0.465 e. The zero-order chi connectivity index (χ0) is 25.4. The van der Waals surface area contributed by atoms with Crippen LogP contribution in [0.25, 0.3) is 0 Å². The van der Waals surface area contributed by atoms with Crippen molar-refractivity contribution in [2.24, 2.45) is 0 Å². The molecule has 0 fully saturated rings. The second-order valence-corrected chi connectivity index (χ2v) is 10.2. The molecule has 2 heterocycles. The number of esters is 2. The van der Waals surface area contributed by atoms with Crippen LogP contribution in [0.15, 0.2) is 11.1 Å². The number of thioether (sulfide) groups is 1. The maximum absolute atomic E-state index is 12.7. The fourth-order valence-electron chi connectivity index (χ4n) is 3.93. The number of carbonyl (C=O) groups is 3. The number of carbonyl (C=O) groups excluding carboxylic acids is 3. The summed E-state index contributed by atoms with van der Waals surface area (Å²) in [6.45, 7) is 3.51. The molecule has 186 valence electrons. The highest BCUT2D eigenvalue weighted by Crippen LogP contribution is 2.34. The van der Waals surface area contributed by atoms with Crippen LogP contribution in [0.1, 0.15) is 81.4 Å². The van der Waals surface area contributed by atoms with Crippen molar-refractivity contribution in [3.8, 4) is 6.07 Å². The molecule has 35 heavy (non-hydrogen) atoms. The fourth-order valence-corrected chi connectivity index (χ4v) is 5.95. The fraction of sp³-hybridized carbons (Fsp3) is 0.480. The molecule has 0 atom stereocenters. The number of aryl methyl sites for hydroxylation is 2. The lowest BCUT2D eigenvalue weighted by atomic mass is 9.96. The normalized spacial score (nSPS) is 13.1. The number of anilines is 1. The van der Waals surface area contributed by atoms with Crippen molar-refractivity contribution in [3.05, 3.63) is 38.9 Å². The van der Waals surface area contributed by atoms with Crippen molar-refractivity contribution in [2.75, 3.05) is 24.8 Å². The summed E-state index contributed by atoms with van der Waals surface area (Å²) in [6, 6.07) is 4.19. The van der Waals surface area contributed by atoms with Gasteiger partial charge < -0.3 is 14.8 Å². The summed E-state index contributed by atoms with van der Waals surface area (Å²) in [5.74, 6) is -1.09. The van der Waals surface area contributed by atoms with Crippen molar-refractivity contribution in [2.45, 2.75) is 63.8 Å². The number of rotatable bonds is 8. The molecule has 1 aliphatic rings. The number of fused-ring (bicyclic) bond motifs is 1. The van der Waals surface area contributed by atoms with E-state index in [1.165, 1.54) is 31.7 Å². The number of thiophene rings is 1. The predicted octanol–water partition coefficient (Wildman–Crippen LogP) is 5.07. The van der Waals surface area contributed by atoms with Gasteiger partial charge in [0.05, 0.1) is 24.8 Å². The highest BCUT2D eigenvalue weighted by atomic mass is 32.2. The van der Waals surface area contributed by atoms with Crippen molar-refractivity contribution in [1.29, 1.82) is 5.26 Å². The number of nitrogens with one attached hydrogen (secondary N) is 1. The van der Waals surface area contributed by atoms with E-state index >= 15 is 0 Å². The van der Waals surface area contributed by atoms with Gasteiger partial charge in [0.15, 0.2) is 0 Å². The molecule has 3 rings (SSSR count). The van der Waals surface area contributed by atoms with Gasteiger partial charge in [-0.3, -0.25) is 4.79 Å². The van der Waals surface area contributed by atoms with E-state index in [0.717, 1.165) is 48.3 Å². The van der Waals surface area contributed by atoms with Crippen molar-refractivity contribution in [1.82, 2.24) is 4.98 Å². The summed E-state index contributed by atoms with van der Waals surface area (Å²) in [6.07, 6.45) is 6.59. The van der Waals surface area contributed by atoms with Crippen LogP contribution in [0, 0.1) is 18.3 Å². The summed E-state index contributed by atoms with van der Waals surface area (Å²) in [5.41, 5.74) is 3.31. The van der Waals surface area contributed by atoms with Gasteiger partial charge >= 0.3 is 11.9 Å². The van der Waals surface area contributed by atoms with E-state index in [1.54, 1.807) is 13.8 Å². The van der Waals surface area contributed by atoms with E-state index < -0.39 is 11.9 Å². The van der Waals surface area contributed by atoms with Crippen LogP contribution in [-0.4, -0.2) is 42.3 Å². The minimum absolute atomic E-state index is 0.139. The topological polar surface area (TPSA) is 118 Å². The number of aromatic nitrogens is 1. The highest BCUT2D eigenvalue weighted by molar-refractivity contribution is 7.99. The van der Waals surface area contributed by atoms with Crippen LogP contribution >= 0.6 is 23.1 Å². The number of pyridine rings is 1. The van der Waals surface area contributed by atoms with Gasteiger partial charge in [-0.05, 0) is 56.7 Å². The maximum Gasteiger partial charge on any atom is 0.348 e. The molecule has 0 saturated heterocycles. The Hall–Kier alpha value is -2.90. The first-order chi connectivity index (χ1) is 16.9. The molecular weight excluding hydrogens is 486 g/mol. The second kappa shape index (κ2) is 12.7. The molecule has 1 amide bonds. The van der Waals surface area contributed by atoms with Crippen LogP contribution in [0.2, 0.25) is 0 Å². The summed E-state index contributed by atoms with van der Waals surface area (Å²) >= 11 is 2.37. The van der Waals surface area contributed by atoms with E-state index in [1.807, 2.05) is 6.07 Å². The predicted molar refractivity (Wildman–Crippen MR) is 135 cm³/mol. The molecule has 0 bridgehead atoms. The smallest absolute Gasteiger partial charge is 0.348 e. The van der Waals surface area contributed by atoms with Crippen molar-refractivity contribution in [3.63, 3.8) is 0 Å².